The number of carboxylic acid groups (broad SMARTS) is 1. The highest BCUT2D eigenvalue weighted by molar-refractivity contribution is 6.01. The van der Waals surface area contributed by atoms with Crippen LogP contribution >= 0.6 is 0 Å². The lowest BCUT2D eigenvalue weighted by Gasteiger charge is -2.26. The highest BCUT2D eigenvalue weighted by Gasteiger charge is 2.33. The Kier molecular flexibility index (Phi) is 19.3. The maximum absolute atomic E-state index is 13.9. The summed E-state index contributed by atoms with van der Waals surface area (Å²) < 4.78 is 5.25. The van der Waals surface area contributed by atoms with Crippen molar-refractivity contribution in [3.63, 3.8) is 0 Å². The topological polar surface area (TPSA) is 370 Å². The molecule has 0 bridgehead atoms. The van der Waals surface area contributed by atoms with Gasteiger partial charge in [-0.3, -0.25) is 39.0 Å². The second kappa shape index (κ2) is 24.3. The molecule has 16 N–H and O–H groups in total. The van der Waals surface area contributed by atoms with E-state index in [1.54, 1.807) is 43.3 Å². The summed E-state index contributed by atoms with van der Waals surface area (Å²) in [6.07, 6.45) is -0.156. The molecule has 0 unspecified atom stereocenters. The van der Waals surface area contributed by atoms with E-state index in [0.29, 0.717) is 35.9 Å². The standard InChI is InChI=1S/C40H55N11O10/c1-22-18-34(55)61-31-20-24(12-13-25(22)31)47-36(57)28(14-15-32(43)52)49-37(58)27(11-7-17-46-40(44)45)48-39(60)30(21-33(53)54)51-38(59)29(19-23-8-3-2-4-9-23)50-35(56)26(42)10-5-6-16-41/h2-4,8-9,12-13,18,20,26-30H,5-7,10-11,14-17,19,21,41-42H2,1H3,(H2,43,52)(H,47,57)(H,48,60)(H,49,58)(H,50,56)(H,51,59)(H,53,54)(H4,44,45,46)/t26-,27-,28-,29-,30-/m0/s1. The summed E-state index contributed by atoms with van der Waals surface area (Å²) in [7, 11) is 0. The summed E-state index contributed by atoms with van der Waals surface area (Å²) in [5.74, 6) is -7.01. The van der Waals surface area contributed by atoms with Crippen LogP contribution in [-0.4, -0.2) is 95.8 Å². The van der Waals surface area contributed by atoms with Crippen molar-refractivity contribution in [1.29, 1.82) is 5.41 Å². The maximum atomic E-state index is 13.9. The number of hydrogen-bond acceptors (Lipinski definition) is 12. The fourth-order valence-corrected chi connectivity index (χ4v) is 6.16. The third-order valence-corrected chi connectivity index (χ3v) is 9.38. The number of aliphatic carboxylic acids is 1. The lowest BCUT2D eigenvalue weighted by atomic mass is 10.0. The molecule has 0 spiro atoms. The predicted molar refractivity (Wildman–Crippen MR) is 224 cm³/mol. The van der Waals surface area contributed by atoms with Gasteiger partial charge in [0.2, 0.25) is 35.4 Å². The first-order valence-electron chi connectivity index (χ1n) is 19.6. The average Bonchev–Trinajstić information content (AvgIpc) is 3.19. The summed E-state index contributed by atoms with van der Waals surface area (Å²) >= 11 is 0. The lowest BCUT2D eigenvalue weighted by molar-refractivity contribution is -0.141. The Labute approximate surface area is 351 Å². The number of aryl methyl sites for hydroxylation is 1. The number of amides is 6. The molecule has 5 atom stereocenters. The number of anilines is 1. The number of primary amides is 1. The van der Waals surface area contributed by atoms with E-state index in [4.69, 9.17) is 32.8 Å². The number of fused-ring (bicyclic) bond motifs is 1. The highest BCUT2D eigenvalue weighted by atomic mass is 16.4. The van der Waals surface area contributed by atoms with E-state index in [2.05, 4.69) is 31.9 Å². The van der Waals surface area contributed by atoms with E-state index in [9.17, 15) is 43.5 Å². The van der Waals surface area contributed by atoms with E-state index < -0.39 is 83.7 Å². The van der Waals surface area contributed by atoms with Crippen LogP contribution in [0.2, 0.25) is 0 Å². The molecule has 0 aliphatic heterocycles. The Morgan fingerprint density at radius 1 is 0.754 bits per heavy atom. The minimum absolute atomic E-state index is 0.0500. The minimum atomic E-state index is -1.77. The van der Waals surface area contributed by atoms with Crippen LogP contribution in [0.1, 0.15) is 62.5 Å². The van der Waals surface area contributed by atoms with Gasteiger partial charge in [0.15, 0.2) is 5.96 Å². The Balaban J connectivity index is 1.87. The summed E-state index contributed by atoms with van der Waals surface area (Å²) in [5.41, 5.74) is 23.4. The SMILES string of the molecule is Cc1cc(=O)oc2cc(NC(=O)[C@H](CCC(N)=O)NC(=O)[C@H](CCCNC(=N)N)NC(=O)[C@H](CC(=O)O)NC(=O)[C@H](Cc3ccccc3)NC(=O)[C@@H](N)CCCCN)ccc12. The summed E-state index contributed by atoms with van der Waals surface area (Å²) in [6.45, 7) is 2.18. The Morgan fingerprint density at radius 2 is 1.38 bits per heavy atom. The van der Waals surface area contributed by atoms with Gasteiger partial charge in [-0.2, -0.15) is 0 Å². The lowest BCUT2D eigenvalue weighted by Crippen LogP contribution is -2.59. The molecule has 21 nitrogen and oxygen atoms in total. The number of guanidine groups is 1. The van der Waals surface area contributed by atoms with Gasteiger partial charge in [0.05, 0.1) is 12.5 Å². The number of carbonyl (C=O) groups is 7. The molecule has 61 heavy (non-hydrogen) atoms. The van der Waals surface area contributed by atoms with E-state index in [1.807, 2.05) is 0 Å². The normalized spacial score (nSPS) is 13.4. The third kappa shape index (κ3) is 16.7. The van der Waals surface area contributed by atoms with Crippen LogP contribution in [0.5, 0.6) is 0 Å². The van der Waals surface area contributed by atoms with Crippen LogP contribution in [-0.2, 0) is 40.0 Å². The third-order valence-electron chi connectivity index (χ3n) is 9.38. The van der Waals surface area contributed by atoms with E-state index in [1.165, 1.54) is 18.2 Å². The molecule has 0 fully saturated rings. The van der Waals surface area contributed by atoms with Gasteiger partial charge >= 0.3 is 11.6 Å². The number of benzene rings is 2. The number of hydrogen-bond donors (Lipinski definition) is 12. The van der Waals surface area contributed by atoms with Crippen LogP contribution in [0.4, 0.5) is 5.69 Å². The Morgan fingerprint density at radius 3 is 2.02 bits per heavy atom. The molecular formula is C40H55N11O10. The predicted octanol–water partition coefficient (Wildman–Crippen LogP) is -1.32. The first-order chi connectivity index (χ1) is 29.0. The molecule has 3 aromatic rings. The summed E-state index contributed by atoms with van der Waals surface area (Å²) in [5, 5.41) is 32.9. The van der Waals surface area contributed by atoms with Gasteiger partial charge in [-0.05, 0) is 68.8 Å². The molecule has 2 aromatic carbocycles. The van der Waals surface area contributed by atoms with Crippen LogP contribution in [0.3, 0.4) is 0 Å². The number of unbranched alkanes of at least 4 members (excludes halogenated alkanes) is 1. The zero-order chi connectivity index (χ0) is 45.1. The van der Waals surface area contributed by atoms with E-state index in [-0.39, 0.29) is 62.3 Å². The van der Waals surface area contributed by atoms with Gasteiger partial charge in [-0.15, -0.1) is 0 Å². The van der Waals surface area contributed by atoms with Gasteiger partial charge in [0, 0.05) is 42.6 Å². The molecule has 0 radical (unpaired) electrons. The second-order valence-corrected chi connectivity index (χ2v) is 14.4. The van der Waals surface area contributed by atoms with E-state index >= 15 is 0 Å². The first-order valence-corrected chi connectivity index (χ1v) is 19.6. The number of rotatable bonds is 25. The smallest absolute Gasteiger partial charge is 0.336 e. The molecule has 0 saturated heterocycles. The monoisotopic (exact) mass is 849 g/mol. The van der Waals surface area contributed by atoms with Gasteiger partial charge in [-0.1, -0.05) is 36.8 Å². The zero-order valence-corrected chi connectivity index (χ0v) is 33.8. The molecular weight excluding hydrogens is 795 g/mol. The fraction of sp³-hybridized carbons (Fsp3) is 0.425. The molecule has 0 aliphatic rings. The molecule has 330 valence electrons. The van der Waals surface area contributed by atoms with Crippen molar-refractivity contribution in [2.45, 2.75) is 94.9 Å². The molecule has 21 heteroatoms. The maximum Gasteiger partial charge on any atom is 0.336 e. The van der Waals surface area contributed by atoms with Gasteiger partial charge in [0.1, 0.15) is 29.8 Å². The van der Waals surface area contributed by atoms with Crippen molar-refractivity contribution in [3.8, 4) is 0 Å². The van der Waals surface area contributed by atoms with Crippen molar-refractivity contribution >= 4 is 64.0 Å². The van der Waals surface area contributed by atoms with Crippen molar-refractivity contribution in [1.82, 2.24) is 26.6 Å². The first kappa shape index (κ1) is 48.5. The number of carbonyl (C=O) groups excluding carboxylic acids is 6. The van der Waals surface area contributed by atoms with Gasteiger partial charge in [0.25, 0.3) is 0 Å². The average molecular weight is 850 g/mol. The Hall–Kier alpha value is -6.87. The number of carboxylic acids is 1. The number of nitrogens with two attached hydrogens (primary N) is 4. The molecule has 0 saturated carbocycles. The van der Waals surface area contributed by atoms with Crippen LogP contribution in [0.15, 0.2) is 63.8 Å². The van der Waals surface area contributed by atoms with Crippen LogP contribution in [0.25, 0.3) is 11.0 Å². The second-order valence-electron chi connectivity index (χ2n) is 14.4. The van der Waals surface area contributed by atoms with Crippen LogP contribution in [0, 0.1) is 12.3 Å². The van der Waals surface area contributed by atoms with Crippen molar-refractivity contribution in [2.75, 3.05) is 18.4 Å². The Bertz CT molecular complexity index is 2100. The van der Waals surface area contributed by atoms with Gasteiger partial charge in [-0.25, -0.2) is 4.79 Å². The van der Waals surface area contributed by atoms with Crippen molar-refractivity contribution in [2.24, 2.45) is 22.9 Å². The quantitative estimate of drug-likeness (QED) is 0.0204. The molecule has 1 heterocycles. The zero-order valence-electron chi connectivity index (χ0n) is 33.8. The summed E-state index contributed by atoms with van der Waals surface area (Å²) in [6, 6.07) is 7.53. The highest BCUT2D eigenvalue weighted by Crippen LogP contribution is 2.21. The molecule has 6 amide bonds. The van der Waals surface area contributed by atoms with E-state index in [0.717, 1.165) is 0 Å². The van der Waals surface area contributed by atoms with Crippen molar-refractivity contribution in [3.05, 3.63) is 76.1 Å². The van der Waals surface area contributed by atoms with Crippen LogP contribution < -0.4 is 60.5 Å². The van der Waals surface area contributed by atoms with Gasteiger partial charge < -0.3 is 64.4 Å². The summed E-state index contributed by atoms with van der Waals surface area (Å²) in [4.78, 5) is 104. The molecule has 1 aromatic heterocycles. The largest absolute Gasteiger partial charge is 0.481 e. The molecule has 0 aliphatic carbocycles. The van der Waals surface area contributed by atoms with Crippen molar-refractivity contribution < 1.29 is 43.1 Å². The molecule has 3 rings (SSSR count). The number of nitrogens with one attached hydrogen (secondary N) is 7. The minimum Gasteiger partial charge on any atom is -0.481 e. The fourth-order valence-electron chi connectivity index (χ4n) is 6.16.